The molecule has 0 amide bonds. The summed E-state index contributed by atoms with van der Waals surface area (Å²) in [5.41, 5.74) is 0.405. The van der Waals surface area contributed by atoms with Gasteiger partial charge in [-0.15, -0.1) is 0 Å². The molecule has 0 aromatic heterocycles. The Morgan fingerprint density at radius 3 is 1.61 bits per heavy atom. The van der Waals surface area contributed by atoms with E-state index in [9.17, 15) is 30.4 Å². The van der Waals surface area contributed by atoms with Crippen molar-refractivity contribution in [2.24, 2.45) is 10.3 Å². The molecule has 1 aromatic carbocycles. The van der Waals surface area contributed by atoms with Crippen LogP contribution >= 0.6 is 0 Å². The Kier molecular flexibility index (Phi) is 10.2. The van der Waals surface area contributed by atoms with Gasteiger partial charge in [0.1, 0.15) is 0 Å². The molecule has 7 nitrogen and oxygen atoms in total. The van der Waals surface area contributed by atoms with Crippen molar-refractivity contribution in [2.75, 3.05) is 0 Å². The number of thiol groups is 1. The van der Waals surface area contributed by atoms with E-state index in [2.05, 4.69) is 5.14 Å². The Morgan fingerprint density at radius 2 is 1.43 bits per heavy atom. The summed E-state index contributed by atoms with van der Waals surface area (Å²) >= 11 is 0. The van der Waals surface area contributed by atoms with E-state index in [-0.39, 0.29) is 4.90 Å². The molecule has 0 aliphatic heterocycles. The Morgan fingerprint density at radius 1 is 1.13 bits per heavy atom. The lowest BCUT2D eigenvalue weighted by molar-refractivity contribution is -0.219. The van der Waals surface area contributed by atoms with Crippen LogP contribution in [0.2, 0.25) is 0 Å². The second kappa shape index (κ2) is 10.0. The molecule has 0 saturated carbocycles. The standard InChI is InChI=1S/C7H6N2O2S.C2HF5.H3NO2S/c8-5-6-1-3-7(4-2-6)12(9,10)11;3-1(4)2(5,6)7;1-4(2)3/h1-4H,(H2,9,10,11);1H;4H,(H2,1,2,3). The molecular formula is C9H10F5N3O4S2. The molecule has 0 fully saturated rings. The van der Waals surface area contributed by atoms with Gasteiger partial charge in [0.15, 0.2) is 10.9 Å². The molecule has 23 heavy (non-hydrogen) atoms. The van der Waals surface area contributed by atoms with E-state index in [1.165, 1.54) is 24.3 Å². The molecule has 0 atom stereocenters. The first-order valence-electron chi connectivity index (χ1n) is 4.98. The number of halogens is 5. The van der Waals surface area contributed by atoms with Crippen LogP contribution in [0.5, 0.6) is 0 Å². The minimum Gasteiger partial charge on any atom is -0.231 e. The Balaban J connectivity index is 0. The van der Waals surface area contributed by atoms with Gasteiger partial charge in [-0.1, -0.05) is 0 Å². The van der Waals surface area contributed by atoms with Crippen LogP contribution in [-0.4, -0.2) is 29.4 Å². The monoisotopic (exact) mass is 383 g/mol. The smallest absolute Gasteiger partial charge is 0.231 e. The van der Waals surface area contributed by atoms with E-state index in [1.54, 1.807) is 0 Å². The predicted octanol–water partition coefficient (Wildman–Crippen LogP) is 0.491. The van der Waals surface area contributed by atoms with Crippen LogP contribution in [0.3, 0.4) is 0 Å². The predicted molar refractivity (Wildman–Crippen MR) is 69.1 cm³/mol. The Bertz CT molecular complexity index is 685. The summed E-state index contributed by atoms with van der Waals surface area (Å²) < 4.78 is 91.2. The van der Waals surface area contributed by atoms with Gasteiger partial charge in [0.2, 0.25) is 10.0 Å². The third-order valence-corrected chi connectivity index (χ3v) is 2.49. The summed E-state index contributed by atoms with van der Waals surface area (Å²) in [6.45, 7) is 0. The molecular weight excluding hydrogens is 373 g/mol. The molecule has 0 bridgehead atoms. The van der Waals surface area contributed by atoms with Crippen LogP contribution in [0.25, 0.3) is 0 Å². The number of alkyl halides is 5. The number of rotatable bonds is 1. The molecule has 0 spiro atoms. The second-order valence-electron chi connectivity index (χ2n) is 3.31. The number of hydrogen-bond acceptors (Lipinski definition) is 5. The van der Waals surface area contributed by atoms with Gasteiger partial charge in [-0.3, -0.25) is 0 Å². The van der Waals surface area contributed by atoms with E-state index in [0.29, 0.717) is 5.56 Å². The van der Waals surface area contributed by atoms with Crippen molar-refractivity contribution in [1.29, 1.82) is 5.26 Å². The maximum Gasteiger partial charge on any atom is 0.450 e. The van der Waals surface area contributed by atoms with Crippen molar-refractivity contribution >= 4 is 20.9 Å². The molecule has 0 heterocycles. The zero-order chi connectivity index (χ0) is 18.8. The van der Waals surface area contributed by atoms with Crippen molar-refractivity contribution in [3.8, 4) is 6.07 Å². The first kappa shape index (κ1) is 23.4. The normalized spacial score (nSPS) is 11.0. The zero-order valence-corrected chi connectivity index (χ0v) is 12.6. The van der Waals surface area contributed by atoms with Gasteiger partial charge < -0.3 is 0 Å². The van der Waals surface area contributed by atoms with Crippen LogP contribution in [0.15, 0.2) is 29.2 Å². The van der Waals surface area contributed by atoms with E-state index >= 15 is 0 Å². The summed E-state index contributed by atoms with van der Waals surface area (Å²) in [6, 6.07) is 7.27. The van der Waals surface area contributed by atoms with Crippen molar-refractivity contribution in [3.63, 3.8) is 0 Å². The first-order valence-corrected chi connectivity index (χ1v) is 7.78. The molecule has 14 heteroatoms. The largest absolute Gasteiger partial charge is 0.450 e. The van der Waals surface area contributed by atoms with Crippen LogP contribution in [0, 0.1) is 11.3 Å². The number of benzene rings is 1. The summed E-state index contributed by atoms with van der Waals surface area (Å²) in [4.78, 5) is 0.0153. The van der Waals surface area contributed by atoms with Gasteiger partial charge in [-0.25, -0.2) is 35.9 Å². The van der Waals surface area contributed by atoms with Crippen LogP contribution in [0.1, 0.15) is 5.56 Å². The summed E-state index contributed by atoms with van der Waals surface area (Å²) in [6.07, 6.45) is -9.53. The maximum absolute atomic E-state index is 10.7. The van der Waals surface area contributed by atoms with E-state index in [4.69, 9.17) is 18.8 Å². The first-order chi connectivity index (χ1) is 10.2. The van der Waals surface area contributed by atoms with Crippen molar-refractivity contribution in [2.45, 2.75) is 17.5 Å². The van der Waals surface area contributed by atoms with Gasteiger partial charge in [-0.05, 0) is 24.3 Å². The van der Waals surface area contributed by atoms with Gasteiger partial charge in [0, 0.05) is 0 Å². The number of nitrogens with zero attached hydrogens (tertiary/aromatic N) is 1. The Hall–Kier alpha value is -1.82. The minimum atomic E-state index is -5.33. The van der Waals surface area contributed by atoms with Crippen LogP contribution in [-0.2, 0) is 20.9 Å². The lowest BCUT2D eigenvalue weighted by Gasteiger charge is -2.00. The molecule has 0 radical (unpaired) electrons. The van der Waals surface area contributed by atoms with Crippen LogP contribution < -0.4 is 10.3 Å². The average Bonchev–Trinajstić information content (AvgIpc) is 2.36. The summed E-state index contributed by atoms with van der Waals surface area (Å²) in [5, 5.41) is 17.3. The minimum absolute atomic E-state index is 0.0153. The van der Waals surface area contributed by atoms with Crippen molar-refractivity contribution in [1.82, 2.24) is 0 Å². The number of sulfonamides is 1. The molecule has 1 aromatic rings. The van der Waals surface area contributed by atoms with Gasteiger partial charge in [0.05, 0.1) is 16.5 Å². The number of nitrogens with two attached hydrogens (primary N) is 2. The molecule has 0 saturated heterocycles. The van der Waals surface area contributed by atoms with Gasteiger partial charge in [0.25, 0.3) is 0 Å². The van der Waals surface area contributed by atoms with Gasteiger partial charge >= 0.3 is 12.6 Å². The SMILES string of the molecule is FC(F)C(F)(F)F.N#Cc1ccc(S(N)(=O)=O)cc1.N[SH](=O)=O. The molecule has 4 N–H and O–H groups in total. The maximum atomic E-state index is 10.7. The third kappa shape index (κ3) is 13.6. The van der Waals surface area contributed by atoms with E-state index < -0.39 is 33.5 Å². The molecule has 0 aliphatic rings. The third-order valence-electron chi connectivity index (χ3n) is 1.56. The summed E-state index contributed by atoms with van der Waals surface area (Å²) in [5.74, 6) is 0. The highest BCUT2D eigenvalue weighted by molar-refractivity contribution is 7.89. The summed E-state index contributed by atoms with van der Waals surface area (Å²) in [7, 11) is -6.26. The van der Waals surface area contributed by atoms with Crippen molar-refractivity contribution in [3.05, 3.63) is 29.8 Å². The highest BCUT2D eigenvalue weighted by atomic mass is 32.2. The Labute approximate surface area is 129 Å². The fraction of sp³-hybridized carbons (Fsp3) is 0.222. The van der Waals surface area contributed by atoms with E-state index in [0.717, 1.165) is 0 Å². The number of hydrogen-bond donors (Lipinski definition) is 3. The quantitative estimate of drug-likeness (QED) is 0.477. The van der Waals surface area contributed by atoms with Crippen molar-refractivity contribution < 1.29 is 38.8 Å². The lowest BCUT2D eigenvalue weighted by atomic mass is 10.2. The highest BCUT2D eigenvalue weighted by Gasteiger charge is 2.40. The zero-order valence-electron chi connectivity index (χ0n) is 10.9. The second-order valence-corrected chi connectivity index (χ2v) is 5.44. The van der Waals surface area contributed by atoms with Gasteiger partial charge in [-0.2, -0.15) is 18.4 Å². The van der Waals surface area contributed by atoms with E-state index in [1.807, 2.05) is 6.07 Å². The fourth-order valence-electron chi connectivity index (χ4n) is 0.719. The van der Waals surface area contributed by atoms with Crippen LogP contribution in [0.4, 0.5) is 22.0 Å². The molecule has 0 aliphatic carbocycles. The molecule has 0 unspecified atom stereocenters. The average molecular weight is 383 g/mol. The number of primary sulfonamides is 1. The number of nitriles is 1. The molecule has 132 valence electrons. The highest BCUT2D eigenvalue weighted by Crippen LogP contribution is 2.22. The fourth-order valence-corrected chi connectivity index (χ4v) is 1.23. The molecule has 1 rings (SSSR count). The lowest BCUT2D eigenvalue weighted by Crippen LogP contribution is -2.18. The topological polar surface area (TPSA) is 144 Å².